The summed E-state index contributed by atoms with van der Waals surface area (Å²) in [5, 5.41) is 4.89. The average molecular weight is 252 g/mol. The second-order valence-electron chi connectivity index (χ2n) is 5.14. The summed E-state index contributed by atoms with van der Waals surface area (Å²) in [7, 11) is 0. The maximum Gasteiger partial charge on any atom is 0.107 e. The van der Waals surface area contributed by atoms with Gasteiger partial charge < -0.3 is 5.32 Å². The molecule has 1 saturated carbocycles. The maximum atomic E-state index is 4.46. The summed E-state index contributed by atoms with van der Waals surface area (Å²) in [5.41, 5.74) is 0. The number of thiazole rings is 1. The first-order valence-corrected chi connectivity index (χ1v) is 7.78. The van der Waals surface area contributed by atoms with Crippen LogP contribution in [0.3, 0.4) is 0 Å². The molecule has 1 fully saturated rings. The van der Waals surface area contributed by atoms with Gasteiger partial charge >= 0.3 is 0 Å². The Labute approximate surface area is 109 Å². The molecule has 1 aliphatic rings. The van der Waals surface area contributed by atoms with Gasteiger partial charge in [-0.3, -0.25) is 0 Å². The zero-order chi connectivity index (χ0) is 12.1. The van der Waals surface area contributed by atoms with Crippen molar-refractivity contribution >= 4 is 11.3 Å². The highest BCUT2D eigenvalue weighted by atomic mass is 32.1. The Balaban J connectivity index is 1.76. The zero-order valence-electron chi connectivity index (χ0n) is 11.0. The smallest absolute Gasteiger partial charge is 0.107 e. The highest BCUT2D eigenvalue weighted by Gasteiger charge is 2.19. The number of aromatic nitrogens is 1. The minimum atomic E-state index is 0.643. The topological polar surface area (TPSA) is 24.9 Å². The van der Waals surface area contributed by atoms with E-state index in [9.17, 15) is 0 Å². The van der Waals surface area contributed by atoms with Gasteiger partial charge in [0.05, 0.1) is 0 Å². The van der Waals surface area contributed by atoms with Crippen LogP contribution >= 0.6 is 11.3 Å². The first kappa shape index (κ1) is 13.0. The summed E-state index contributed by atoms with van der Waals surface area (Å²) in [6.45, 7) is 5.47. The molecule has 2 rings (SSSR count). The lowest BCUT2D eigenvalue weighted by Gasteiger charge is -2.28. The normalized spacial score (nSPS) is 19.4. The van der Waals surface area contributed by atoms with Crippen molar-refractivity contribution in [2.75, 3.05) is 0 Å². The first-order valence-electron chi connectivity index (χ1n) is 6.96. The van der Waals surface area contributed by atoms with Crippen LogP contribution in [0, 0.1) is 5.92 Å². The lowest BCUT2D eigenvalue weighted by Crippen LogP contribution is -2.34. The Morgan fingerprint density at radius 2 is 2.18 bits per heavy atom. The Kier molecular flexibility index (Phi) is 4.99. The first-order chi connectivity index (χ1) is 8.29. The van der Waals surface area contributed by atoms with Crippen molar-refractivity contribution in [2.24, 2.45) is 5.92 Å². The van der Waals surface area contributed by atoms with Gasteiger partial charge in [-0.05, 0) is 32.1 Å². The third kappa shape index (κ3) is 3.78. The van der Waals surface area contributed by atoms with Gasteiger partial charge in [-0.1, -0.05) is 26.2 Å². The van der Waals surface area contributed by atoms with Crippen LogP contribution in [0.25, 0.3) is 0 Å². The van der Waals surface area contributed by atoms with Gasteiger partial charge in [-0.2, -0.15) is 0 Å². The molecule has 0 aliphatic heterocycles. The van der Waals surface area contributed by atoms with E-state index in [0.29, 0.717) is 6.04 Å². The lowest BCUT2D eigenvalue weighted by atomic mass is 9.84. The van der Waals surface area contributed by atoms with E-state index in [2.05, 4.69) is 24.1 Å². The monoisotopic (exact) mass is 252 g/mol. The van der Waals surface area contributed by atoms with Crippen molar-refractivity contribution < 1.29 is 0 Å². The molecule has 0 radical (unpaired) electrons. The van der Waals surface area contributed by atoms with Crippen LogP contribution in [0.5, 0.6) is 0 Å². The van der Waals surface area contributed by atoms with E-state index in [1.54, 1.807) is 0 Å². The largest absolute Gasteiger partial charge is 0.308 e. The molecule has 3 heteroatoms. The highest BCUT2D eigenvalue weighted by molar-refractivity contribution is 7.11. The number of nitrogens with zero attached hydrogens (tertiary/aromatic N) is 1. The second kappa shape index (κ2) is 6.50. The number of aryl methyl sites for hydroxylation is 1. The van der Waals surface area contributed by atoms with Crippen LogP contribution < -0.4 is 5.32 Å². The third-order valence-electron chi connectivity index (χ3n) is 3.88. The summed E-state index contributed by atoms with van der Waals surface area (Å²) >= 11 is 1.85. The van der Waals surface area contributed by atoms with Crippen molar-refractivity contribution in [3.63, 3.8) is 0 Å². The Morgan fingerprint density at radius 3 is 2.82 bits per heavy atom. The van der Waals surface area contributed by atoms with Gasteiger partial charge in [-0.15, -0.1) is 11.3 Å². The minimum Gasteiger partial charge on any atom is -0.308 e. The molecule has 2 nitrogen and oxygen atoms in total. The summed E-state index contributed by atoms with van der Waals surface area (Å²) in [6, 6.07) is 0.643. The molecule has 1 aromatic rings. The Hall–Kier alpha value is -0.410. The molecule has 1 atom stereocenters. The molecule has 0 spiro atoms. The molecule has 96 valence electrons. The fraction of sp³-hybridized carbons (Fsp3) is 0.786. The number of hydrogen-bond acceptors (Lipinski definition) is 3. The zero-order valence-corrected chi connectivity index (χ0v) is 11.9. The van der Waals surface area contributed by atoms with E-state index in [4.69, 9.17) is 0 Å². The van der Waals surface area contributed by atoms with Crippen LogP contribution in [-0.4, -0.2) is 11.0 Å². The van der Waals surface area contributed by atoms with Crippen molar-refractivity contribution in [3.8, 4) is 0 Å². The quantitative estimate of drug-likeness (QED) is 0.863. The predicted octanol–water partition coefficient (Wildman–Crippen LogP) is 3.76. The second-order valence-corrected chi connectivity index (χ2v) is 6.34. The van der Waals surface area contributed by atoms with Crippen LogP contribution in [0.2, 0.25) is 0 Å². The Bertz CT molecular complexity index is 329. The van der Waals surface area contributed by atoms with Gasteiger partial charge in [0.2, 0.25) is 0 Å². The van der Waals surface area contributed by atoms with Gasteiger partial charge in [-0.25, -0.2) is 4.98 Å². The molecule has 17 heavy (non-hydrogen) atoms. The van der Waals surface area contributed by atoms with Crippen LogP contribution in [0.4, 0.5) is 0 Å². The Morgan fingerprint density at radius 1 is 1.41 bits per heavy atom. The van der Waals surface area contributed by atoms with Gasteiger partial charge in [0, 0.05) is 23.7 Å². The van der Waals surface area contributed by atoms with E-state index in [1.807, 2.05) is 17.5 Å². The van der Waals surface area contributed by atoms with Gasteiger partial charge in [0.1, 0.15) is 5.01 Å². The van der Waals surface area contributed by atoms with E-state index in [0.717, 1.165) is 18.9 Å². The standard InChI is InChI=1S/C14H24N2S/c1-3-13-9-16-14(17-13)10-15-11(2)12-7-5-4-6-8-12/h9,11-12,15H,3-8,10H2,1-2H3. The molecule has 0 amide bonds. The summed E-state index contributed by atoms with van der Waals surface area (Å²) < 4.78 is 0. The highest BCUT2D eigenvalue weighted by Crippen LogP contribution is 2.26. The molecule has 1 aromatic heterocycles. The molecule has 0 bridgehead atoms. The van der Waals surface area contributed by atoms with Crippen molar-refractivity contribution in [1.29, 1.82) is 0 Å². The molecular formula is C14H24N2S. The summed E-state index contributed by atoms with van der Waals surface area (Å²) in [6.07, 6.45) is 10.2. The molecule has 1 N–H and O–H groups in total. The van der Waals surface area contributed by atoms with Crippen LogP contribution in [-0.2, 0) is 13.0 Å². The number of rotatable bonds is 5. The van der Waals surface area contributed by atoms with E-state index >= 15 is 0 Å². The molecule has 0 saturated heterocycles. The van der Waals surface area contributed by atoms with E-state index in [-0.39, 0.29) is 0 Å². The van der Waals surface area contributed by atoms with Crippen LogP contribution in [0.15, 0.2) is 6.20 Å². The summed E-state index contributed by atoms with van der Waals surface area (Å²) in [5.74, 6) is 0.884. The predicted molar refractivity (Wildman–Crippen MR) is 74.4 cm³/mol. The number of hydrogen-bond donors (Lipinski definition) is 1. The molecule has 1 unspecified atom stereocenters. The SMILES string of the molecule is CCc1cnc(CNC(C)C2CCCCC2)s1. The van der Waals surface area contributed by atoms with E-state index in [1.165, 1.54) is 42.0 Å². The molecule has 1 heterocycles. The maximum absolute atomic E-state index is 4.46. The van der Waals surface area contributed by atoms with E-state index < -0.39 is 0 Å². The van der Waals surface area contributed by atoms with Crippen molar-refractivity contribution in [3.05, 3.63) is 16.1 Å². The molecule has 1 aliphatic carbocycles. The van der Waals surface area contributed by atoms with Crippen LogP contribution in [0.1, 0.15) is 55.8 Å². The fourth-order valence-electron chi connectivity index (χ4n) is 2.64. The van der Waals surface area contributed by atoms with Gasteiger partial charge in [0.15, 0.2) is 0 Å². The lowest BCUT2D eigenvalue weighted by molar-refractivity contribution is 0.280. The third-order valence-corrected chi connectivity index (χ3v) is 5.02. The minimum absolute atomic E-state index is 0.643. The molecule has 0 aromatic carbocycles. The van der Waals surface area contributed by atoms with Gasteiger partial charge in [0.25, 0.3) is 0 Å². The summed E-state index contributed by atoms with van der Waals surface area (Å²) in [4.78, 5) is 5.86. The average Bonchev–Trinajstić information content (AvgIpc) is 2.85. The molecular weight excluding hydrogens is 228 g/mol. The van der Waals surface area contributed by atoms with Crippen molar-refractivity contribution in [1.82, 2.24) is 10.3 Å². The van der Waals surface area contributed by atoms with Crippen molar-refractivity contribution in [2.45, 2.75) is 65.0 Å². The number of nitrogens with one attached hydrogen (secondary N) is 1. The fourth-order valence-corrected chi connectivity index (χ4v) is 3.46.